The molecule has 1 aromatic rings. The van der Waals surface area contributed by atoms with Gasteiger partial charge in [0.2, 0.25) is 5.91 Å². The predicted octanol–water partition coefficient (Wildman–Crippen LogP) is 4.08. The Morgan fingerprint density at radius 2 is 1.65 bits per heavy atom. The first-order chi connectivity index (χ1) is 12.6. The number of unbranched alkanes of at least 4 members (excludes halogenated alkanes) is 8. The summed E-state index contributed by atoms with van der Waals surface area (Å²) in [6.07, 6.45) is 12.8. The lowest BCUT2D eigenvalue weighted by molar-refractivity contribution is -0.126. The molecular formula is C20H33N3O3. The van der Waals surface area contributed by atoms with Crippen LogP contribution in [0.2, 0.25) is 0 Å². The number of nitrogens with one attached hydrogen (secondary N) is 2. The fourth-order valence-corrected chi connectivity index (χ4v) is 2.59. The number of furan rings is 1. The first-order valence-corrected chi connectivity index (χ1v) is 9.77. The molecular weight excluding hydrogens is 330 g/mol. The number of amides is 2. The lowest BCUT2D eigenvalue weighted by atomic mass is 10.1. The Morgan fingerprint density at radius 1 is 1.00 bits per heavy atom. The van der Waals surface area contributed by atoms with E-state index in [1.165, 1.54) is 51.2 Å². The summed E-state index contributed by atoms with van der Waals surface area (Å²) in [6.45, 7) is 3.99. The molecule has 0 unspecified atom stereocenters. The minimum absolute atomic E-state index is 0.0647. The second kappa shape index (κ2) is 14.1. The molecule has 0 spiro atoms. The zero-order valence-electron chi connectivity index (χ0n) is 16.2. The number of nitrogens with zero attached hydrogens (tertiary/aromatic N) is 1. The summed E-state index contributed by atoms with van der Waals surface area (Å²) in [5, 5.41) is 6.40. The van der Waals surface area contributed by atoms with Crippen LogP contribution in [-0.4, -0.2) is 24.6 Å². The average Bonchev–Trinajstić information content (AvgIpc) is 3.03. The van der Waals surface area contributed by atoms with Crippen molar-refractivity contribution in [3.05, 3.63) is 23.7 Å². The number of aryl methyl sites for hydroxylation is 1. The molecule has 1 rings (SSSR count). The molecule has 0 fully saturated rings. The number of hydrazone groups is 1. The van der Waals surface area contributed by atoms with Gasteiger partial charge in [0.15, 0.2) is 0 Å². The second-order valence-electron chi connectivity index (χ2n) is 6.60. The van der Waals surface area contributed by atoms with E-state index < -0.39 is 0 Å². The van der Waals surface area contributed by atoms with Crippen LogP contribution in [0.1, 0.15) is 82.7 Å². The number of carbonyl (C=O) groups is 2. The minimum atomic E-state index is -0.357. The number of carbonyl (C=O) groups excluding carboxylic acids is 2. The van der Waals surface area contributed by atoms with Crippen LogP contribution in [0.25, 0.3) is 0 Å². The Kier molecular flexibility index (Phi) is 11.9. The molecule has 1 heterocycles. The minimum Gasteiger partial charge on any atom is -0.460 e. The van der Waals surface area contributed by atoms with E-state index in [0.717, 1.165) is 18.6 Å². The summed E-state index contributed by atoms with van der Waals surface area (Å²) in [5.74, 6) is 0.900. The fraction of sp³-hybridized carbons (Fsp3) is 0.650. The maximum absolute atomic E-state index is 11.7. The van der Waals surface area contributed by atoms with Crippen LogP contribution >= 0.6 is 0 Å². The highest BCUT2D eigenvalue weighted by Gasteiger charge is 2.04. The van der Waals surface area contributed by atoms with E-state index in [1.54, 1.807) is 6.07 Å². The Morgan fingerprint density at radius 3 is 2.27 bits per heavy atom. The summed E-state index contributed by atoms with van der Waals surface area (Å²) >= 11 is 0. The third kappa shape index (κ3) is 11.4. The van der Waals surface area contributed by atoms with Crippen molar-refractivity contribution in [1.82, 2.24) is 10.7 Å². The largest absolute Gasteiger partial charge is 0.460 e. The summed E-state index contributed by atoms with van der Waals surface area (Å²) in [5.41, 5.74) is 2.36. The summed E-state index contributed by atoms with van der Waals surface area (Å²) in [7, 11) is 0. The summed E-state index contributed by atoms with van der Waals surface area (Å²) in [4.78, 5) is 23.3. The van der Waals surface area contributed by atoms with Gasteiger partial charge in [0, 0.05) is 6.42 Å². The van der Waals surface area contributed by atoms with Gasteiger partial charge in [-0.05, 0) is 25.5 Å². The van der Waals surface area contributed by atoms with E-state index in [-0.39, 0.29) is 18.4 Å². The first-order valence-electron chi connectivity index (χ1n) is 9.77. The van der Waals surface area contributed by atoms with Gasteiger partial charge in [-0.25, -0.2) is 5.43 Å². The van der Waals surface area contributed by atoms with Crippen LogP contribution in [-0.2, 0) is 9.59 Å². The molecule has 0 bridgehead atoms. The monoisotopic (exact) mass is 363 g/mol. The van der Waals surface area contributed by atoms with E-state index >= 15 is 0 Å². The SMILES string of the molecule is CCCCCCCCCCCC(=O)NCC(=O)N/N=C/c1ccc(C)o1. The highest BCUT2D eigenvalue weighted by atomic mass is 16.3. The smallest absolute Gasteiger partial charge is 0.259 e. The molecule has 0 aliphatic rings. The Labute approximate surface area is 156 Å². The van der Waals surface area contributed by atoms with Gasteiger partial charge in [-0.2, -0.15) is 5.10 Å². The molecule has 1 aromatic heterocycles. The quantitative estimate of drug-likeness (QED) is 0.297. The number of rotatable bonds is 14. The standard InChI is InChI=1S/C20H33N3O3/c1-3-4-5-6-7-8-9-10-11-12-19(24)21-16-20(25)23-22-15-18-14-13-17(2)26-18/h13-15H,3-12,16H2,1-2H3,(H,21,24)(H,23,25)/b22-15+. The van der Waals surface area contributed by atoms with Crippen molar-refractivity contribution < 1.29 is 14.0 Å². The zero-order chi connectivity index (χ0) is 19.0. The zero-order valence-corrected chi connectivity index (χ0v) is 16.2. The molecule has 6 heteroatoms. The van der Waals surface area contributed by atoms with Gasteiger partial charge in [-0.3, -0.25) is 9.59 Å². The van der Waals surface area contributed by atoms with Crippen molar-refractivity contribution in [3.8, 4) is 0 Å². The molecule has 6 nitrogen and oxygen atoms in total. The molecule has 0 aliphatic heterocycles. The molecule has 0 aliphatic carbocycles. The average molecular weight is 364 g/mol. The Balaban J connectivity index is 1.97. The van der Waals surface area contributed by atoms with Crippen LogP contribution in [0.3, 0.4) is 0 Å². The maximum Gasteiger partial charge on any atom is 0.259 e. The molecule has 2 amide bonds. The molecule has 0 radical (unpaired) electrons. The maximum atomic E-state index is 11.7. The predicted molar refractivity (Wildman–Crippen MR) is 104 cm³/mol. The molecule has 26 heavy (non-hydrogen) atoms. The van der Waals surface area contributed by atoms with Gasteiger partial charge >= 0.3 is 0 Å². The highest BCUT2D eigenvalue weighted by Crippen LogP contribution is 2.10. The van der Waals surface area contributed by atoms with E-state index in [2.05, 4.69) is 22.8 Å². The van der Waals surface area contributed by atoms with Crippen LogP contribution in [0, 0.1) is 6.92 Å². The first kappa shape index (κ1) is 21.9. The third-order valence-corrected chi connectivity index (χ3v) is 4.10. The molecule has 0 saturated carbocycles. The number of hydrogen-bond donors (Lipinski definition) is 2. The highest BCUT2D eigenvalue weighted by molar-refractivity contribution is 5.85. The van der Waals surface area contributed by atoms with Gasteiger partial charge < -0.3 is 9.73 Å². The molecule has 0 saturated heterocycles. The number of hydrogen-bond acceptors (Lipinski definition) is 4. The normalized spacial score (nSPS) is 11.0. The summed E-state index contributed by atoms with van der Waals surface area (Å²) in [6, 6.07) is 3.58. The van der Waals surface area contributed by atoms with Crippen molar-refractivity contribution in [3.63, 3.8) is 0 Å². The van der Waals surface area contributed by atoms with Gasteiger partial charge in [0.05, 0.1) is 12.8 Å². The van der Waals surface area contributed by atoms with E-state index in [1.807, 2.05) is 13.0 Å². The topological polar surface area (TPSA) is 83.7 Å². The Hall–Kier alpha value is -2.11. The second-order valence-corrected chi connectivity index (χ2v) is 6.60. The van der Waals surface area contributed by atoms with Crippen molar-refractivity contribution >= 4 is 18.0 Å². The molecule has 0 atom stereocenters. The van der Waals surface area contributed by atoms with Crippen molar-refractivity contribution in [2.75, 3.05) is 6.54 Å². The Bertz CT molecular complexity index is 552. The van der Waals surface area contributed by atoms with Crippen molar-refractivity contribution in [2.24, 2.45) is 5.10 Å². The van der Waals surface area contributed by atoms with Gasteiger partial charge in [0.25, 0.3) is 5.91 Å². The van der Waals surface area contributed by atoms with Crippen LogP contribution in [0.4, 0.5) is 0 Å². The summed E-state index contributed by atoms with van der Waals surface area (Å²) < 4.78 is 5.29. The van der Waals surface area contributed by atoms with Crippen LogP contribution in [0.5, 0.6) is 0 Å². The van der Waals surface area contributed by atoms with Gasteiger partial charge in [0.1, 0.15) is 11.5 Å². The van der Waals surface area contributed by atoms with Crippen LogP contribution < -0.4 is 10.7 Å². The lowest BCUT2D eigenvalue weighted by Gasteiger charge is -2.04. The third-order valence-electron chi connectivity index (χ3n) is 4.10. The lowest BCUT2D eigenvalue weighted by Crippen LogP contribution is -2.34. The van der Waals surface area contributed by atoms with Crippen LogP contribution in [0.15, 0.2) is 21.7 Å². The molecule has 146 valence electrons. The fourth-order valence-electron chi connectivity index (χ4n) is 2.59. The van der Waals surface area contributed by atoms with Crippen molar-refractivity contribution in [2.45, 2.75) is 78.1 Å². The molecule has 0 aromatic carbocycles. The van der Waals surface area contributed by atoms with Gasteiger partial charge in [-0.15, -0.1) is 0 Å². The van der Waals surface area contributed by atoms with E-state index in [4.69, 9.17) is 4.42 Å². The van der Waals surface area contributed by atoms with Gasteiger partial charge in [-0.1, -0.05) is 58.3 Å². The van der Waals surface area contributed by atoms with E-state index in [0.29, 0.717) is 12.2 Å². The van der Waals surface area contributed by atoms with Crippen molar-refractivity contribution in [1.29, 1.82) is 0 Å². The van der Waals surface area contributed by atoms with E-state index in [9.17, 15) is 9.59 Å². The molecule has 2 N–H and O–H groups in total.